The molecule has 0 atom stereocenters. The summed E-state index contributed by atoms with van der Waals surface area (Å²) in [7, 11) is -1.57. The van der Waals surface area contributed by atoms with Gasteiger partial charge in [-0.15, -0.1) is 24.0 Å². The average molecular weight is 521 g/mol. The molecule has 162 valence electrons. The molecule has 0 radical (unpaired) electrons. The Morgan fingerprint density at radius 3 is 2.22 bits per heavy atom. The Hall–Kier alpha value is -0.820. The molecule has 0 aromatic carbocycles. The van der Waals surface area contributed by atoms with Gasteiger partial charge >= 0.3 is 6.09 Å². The molecule has 0 bridgehead atoms. The fourth-order valence-corrected chi connectivity index (χ4v) is 2.69. The first kappa shape index (κ1) is 28.4. The van der Waals surface area contributed by atoms with Crippen LogP contribution in [0.2, 0.25) is 0 Å². The number of guanidine groups is 1. The Morgan fingerprint density at radius 1 is 1.11 bits per heavy atom. The standard InChI is InChI=1S/C16H35N5O4S.HI/c1-7-17-14(18-10-9-13-21(6)26(23,24)8-2)19-11-12-20-15(22)25-16(3,4)5;/h7-13H2,1-6H3,(H,20,22)(H2,17,18,19);1H. The maximum atomic E-state index is 11.7. The number of alkyl carbamates (subject to hydrolysis) is 1. The van der Waals surface area contributed by atoms with Crippen LogP contribution in [0.4, 0.5) is 4.79 Å². The van der Waals surface area contributed by atoms with E-state index >= 15 is 0 Å². The SMILES string of the molecule is CCNC(=NCCCN(C)S(=O)(=O)CC)NCCNC(=O)OC(C)(C)C.I. The molecular formula is C16H36IN5O4S. The van der Waals surface area contributed by atoms with Gasteiger partial charge in [0.1, 0.15) is 5.60 Å². The van der Waals surface area contributed by atoms with Crippen molar-refractivity contribution in [2.75, 3.05) is 45.5 Å². The Kier molecular flexibility index (Phi) is 14.9. The first-order valence-corrected chi connectivity index (χ1v) is 10.6. The molecule has 0 unspecified atom stereocenters. The van der Waals surface area contributed by atoms with Crippen molar-refractivity contribution in [3.63, 3.8) is 0 Å². The number of sulfonamides is 1. The lowest BCUT2D eigenvalue weighted by Gasteiger charge is -2.20. The minimum Gasteiger partial charge on any atom is -0.444 e. The van der Waals surface area contributed by atoms with Crippen LogP contribution in [-0.2, 0) is 14.8 Å². The molecule has 1 amide bonds. The zero-order valence-electron chi connectivity index (χ0n) is 17.3. The second-order valence-corrected chi connectivity index (χ2v) is 9.06. The molecule has 27 heavy (non-hydrogen) atoms. The molecule has 0 aromatic heterocycles. The van der Waals surface area contributed by atoms with Crippen molar-refractivity contribution in [2.24, 2.45) is 4.99 Å². The van der Waals surface area contributed by atoms with Crippen molar-refractivity contribution in [3.8, 4) is 0 Å². The van der Waals surface area contributed by atoms with Crippen LogP contribution in [-0.4, -0.2) is 75.9 Å². The fourth-order valence-electron chi connectivity index (χ4n) is 1.85. The van der Waals surface area contributed by atoms with Crippen molar-refractivity contribution in [3.05, 3.63) is 0 Å². The van der Waals surface area contributed by atoms with E-state index in [2.05, 4.69) is 20.9 Å². The Bertz CT molecular complexity index is 550. The summed E-state index contributed by atoms with van der Waals surface area (Å²) in [5.74, 6) is 0.723. The molecule has 0 saturated heterocycles. The molecule has 0 aliphatic carbocycles. The lowest BCUT2D eigenvalue weighted by Crippen LogP contribution is -2.42. The molecular weight excluding hydrogens is 485 g/mol. The number of ether oxygens (including phenoxy) is 1. The number of carbonyl (C=O) groups is 1. The number of hydrogen-bond acceptors (Lipinski definition) is 5. The lowest BCUT2D eigenvalue weighted by molar-refractivity contribution is 0.0529. The van der Waals surface area contributed by atoms with E-state index in [0.717, 1.165) is 0 Å². The third-order valence-electron chi connectivity index (χ3n) is 3.17. The van der Waals surface area contributed by atoms with E-state index in [0.29, 0.717) is 45.1 Å². The number of hydrogen-bond donors (Lipinski definition) is 3. The van der Waals surface area contributed by atoms with Crippen molar-refractivity contribution in [2.45, 2.75) is 46.6 Å². The number of halogens is 1. The van der Waals surface area contributed by atoms with Gasteiger partial charge in [0.05, 0.1) is 5.75 Å². The van der Waals surface area contributed by atoms with Crippen molar-refractivity contribution >= 4 is 46.1 Å². The van der Waals surface area contributed by atoms with E-state index in [4.69, 9.17) is 4.74 Å². The third kappa shape index (κ3) is 14.9. The summed E-state index contributed by atoms with van der Waals surface area (Å²) in [5, 5.41) is 8.87. The van der Waals surface area contributed by atoms with E-state index < -0.39 is 21.7 Å². The summed E-state index contributed by atoms with van der Waals surface area (Å²) in [6.07, 6.45) is 0.170. The molecule has 0 spiro atoms. The molecule has 0 rings (SSSR count). The highest BCUT2D eigenvalue weighted by Gasteiger charge is 2.15. The van der Waals surface area contributed by atoms with E-state index in [9.17, 15) is 13.2 Å². The van der Waals surface area contributed by atoms with Gasteiger partial charge in [-0.25, -0.2) is 17.5 Å². The van der Waals surface area contributed by atoms with Crippen molar-refractivity contribution < 1.29 is 17.9 Å². The lowest BCUT2D eigenvalue weighted by atomic mass is 10.2. The topological polar surface area (TPSA) is 112 Å². The van der Waals surface area contributed by atoms with Crippen LogP contribution >= 0.6 is 24.0 Å². The van der Waals surface area contributed by atoms with Gasteiger partial charge in [-0.1, -0.05) is 0 Å². The van der Waals surface area contributed by atoms with Gasteiger partial charge < -0.3 is 20.7 Å². The Labute approximate surface area is 181 Å². The maximum Gasteiger partial charge on any atom is 0.407 e. The highest BCUT2D eigenvalue weighted by atomic mass is 127. The van der Waals surface area contributed by atoms with Gasteiger partial charge in [0, 0.05) is 39.8 Å². The highest BCUT2D eigenvalue weighted by Crippen LogP contribution is 2.06. The minimum atomic E-state index is -3.15. The zero-order valence-corrected chi connectivity index (χ0v) is 20.4. The molecule has 0 heterocycles. The smallest absolute Gasteiger partial charge is 0.407 e. The monoisotopic (exact) mass is 521 g/mol. The predicted molar refractivity (Wildman–Crippen MR) is 120 cm³/mol. The predicted octanol–water partition coefficient (Wildman–Crippen LogP) is 1.36. The van der Waals surface area contributed by atoms with Crippen LogP contribution in [0.15, 0.2) is 4.99 Å². The van der Waals surface area contributed by atoms with Crippen LogP contribution in [0.3, 0.4) is 0 Å². The molecule has 3 N–H and O–H groups in total. The van der Waals surface area contributed by atoms with Gasteiger partial charge in [0.2, 0.25) is 10.0 Å². The quantitative estimate of drug-likeness (QED) is 0.173. The Balaban J connectivity index is 0. The first-order valence-electron chi connectivity index (χ1n) is 8.95. The minimum absolute atomic E-state index is 0. The summed E-state index contributed by atoms with van der Waals surface area (Å²) in [4.78, 5) is 15.9. The van der Waals surface area contributed by atoms with E-state index in [1.165, 1.54) is 4.31 Å². The molecule has 9 nitrogen and oxygen atoms in total. The number of nitrogens with one attached hydrogen (secondary N) is 3. The summed E-state index contributed by atoms with van der Waals surface area (Å²) in [5.41, 5.74) is -0.522. The van der Waals surface area contributed by atoms with Gasteiger partial charge in [0.25, 0.3) is 0 Å². The highest BCUT2D eigenvalue weighted by molar-refractivity contribution is 14.0. The van der Waals surface area contributed by atoms with Gasteiger partial charge in [-0.2, -0.15) is 0 Å². The normalized spacial score (nSPS) is 12.3. The molecule has 0 aliphatic heterocycles. The second kappa shape index (κ2) is 14.2. The van der Waals surface area contributed by atoms with E-state index in [1.807, 2.05) is 27.7 Å². The zero-order chi connectivity index (χ0) is 20.2. The average Bonchev–Trinajstić information content (AvgIpc) is 2.53. The van der Waals surface area contributed by atoms with Crippen LogP contribution < -0.4 is 16.0 Å². The van der Waals surface area contributed by atoms with Gasteiger partial charge in [-0.05, 0) is 41.0 Å². The summed E-state index contributed by atoms with van der Waals surface area (Å²) in [6.45, 7) is 11.5. The summed E-state index contributed by atoms with van der Waals surface area (Å²) in [6, 6.07) is 0. The number of carbonyl (C=O) groups excluding carboxylic acids is 1. The molecule has 0 aliphatic rings. The first-order chi connectivity index (χ1) is 12.0. The molecule has 11 heteroatoms. The largest absolute Gasteiger partial charge is 0.444 e. The molecule has 0 aromatic rings. The van der Waals surface area contributed by atoms with Gasteiger partial charge in [0.15, 0.2) is 5.96 Å². The number of amides is 1. The van der Waals surface area contributed by atoms with Crippen molar-refractivity contribution in [1.29, 1.82) is 0 Å². The van der Waals surface area contributed by atoms with Crippen LogP contribution in [0.5, 0.6) is 0 Å². The molecule has 0 fully saturated rings. The van der Waals surface area contributed by atoms with Crippen LogP contribution in [0.25, 0.3) is 0 Å². The van der Waals surface area contributed by atoms with Crippen LogP contribution in [0, 0.1) is 0 Å². The van der Waals surface area contributed by atoms with Crippen LogP contribution in [0.1, 0.15) is 41.0 Å². The van der Waals surface area contributed by atoms with Gasteiger partial charge in [-0.3, -0.25) is 4.99 Å². The number of aliphatic imine (C=N–C) groups is 1. The van der Waals surface area contributed by atoms with E-state index in [1.54, 1.807) is 14.0 Å². The summed E-state index contributed by atoms with van der Waals surface area (Å²) >= 11 is 0. The second-order valence-electron chi connectivity index (χ2n) is 6.69. The number of rotatable bonds is 10. The third-order valence-corrected chi connectivity index (χ3v) is 5.03. The van der Waals surface area contributed by atoms with E-state index in [-0.39, 0.29) is 29.7 Å². The number of nitrogens with zero attached hydrogens (tertiary/aromatic N) is 2. The fraction of sp³-hybridized carbons (Fsp3) is 0.875. The van der Waals surface area contributed by atoms with Crippen molar-refractivity contribution in [1.82, 2.24) is 20.3 Å². The molecule has 0 saturated carbocycles. The summed E-state index contributed by atoms with van der Waals surface area (Å²) < 4.78 is 29.8. The maximum absolute atomic E-state index is 11.7. The Morgan fingerprint density at radius 2 is 1.70 bits per heavy atom.